The molecule has 0 saturated heterocycles. The Hall–Kier alpha value is -4.87. The molecule has 4 rings (SSSR count). The number of esters is 1. The summed E-state index contributed by atoms with van der Waals surface area (Å²) in [5.74, 6) is 0.910. The molecule has 0 radical (unpaired) electrons. The number of benzene rings is 3. The molecular weight excluding hydrogens is 484 g/mol. The van der Waals surface area contributed by atoms with Crippen LogP contribution in [0.5, 0.6) is 17.2 Å². The van der Waals surface area contributed by atoms with Gasteiger partial charge < -0.3 is 19.3 Å². The number of carbonyl (C=O) groups is 2. The van der Waals surface area contributed by atoms with E-state index in [0.29, 0.717) is 43.2 Å². The number of unbranched alkanes of at least 4 members (excludes halogenated alkanes) is 1. The Morgan fingerprint density at radius 2 is 1.61 bits per heavy atom. The van der Waals surface area contributed by atoms with Crippen molar-refractivity contribution in [2.45, 2.75) is 25.7 Å². The quantitative estimate of drug-likeness (QED) is 0.171. The zero-order valence-electron chi connectivity index (χ0n) is 20.5. The third kappa shape index (κ3) is 7.32. The second-order valence-corrected chi connectivity index (χ2v) is 8.34. The minimum Gasteiger partial charge on any atom is -0.494 e. The van der Waals surface area contributed by atoms with E-state index in [-0.39, 0.29) is 5.91 Å². The first kappa shape index (κ1) is 26.2. The maximum atomic E-state index is 12.2. The van der Waals surface area contributed by atoms with E-state index in [0.717, 1.165) is 16.9 Å². The monoisotopic (exact) mass is 510 g/mol. The molecule has 1 aliphatic heterocycles. The third-order valence-corrected chi connectivity index (χ3v) is 5.57. The van der Waals surface area contributed by atoms with Gasteiger partial charge >= 0.3 is 5.97 Å². The standard InChI is InChI=1S/C30H26N2O6/c31-19-1-2-20-36-25-12-5-23(6-13-25)21-37-26-10-3-22(4-11-26)7-18-30(35)38-27-14-8-24(9-15-27)32-28(33)16-17-29(32)34/h3-18,28,33H,1-2,20-21H2. The van der Waals surface area contributed by atoms with Crippen LogP contribution in [-0.4, -0.2) is 29.8 Å². The van der Waals surface area contributed by atoms with Gasteiger partial charge in [0.2, 0.25) is 0 Å². The van der Waals surface area contributed by atoms with Crippen LogP contribution in [0.3, 0.4) is 0 Å². The predicted molar refractivity (Wildman–Crippen MR) is 141 cm³/mol. The number of nitriles is 1. The number of hydrogen-bond donors (Lipinski definition) is 1. The van der Waals surface area contributed by atoms with E-state index in [1.165, 1.54) is 23.1 Å². The molecule has 0 saturated carbocycles. The number of nitrogens with zero attached hydrogens (tertiary/aromatic N) is 2. The molecule has 1 amide bonds. The molecule has 0 bridgehead atoms. The van der Waals surface area contributed by atoms with Crippen LogP contribution in [0.4, 0.5) is 5.69 Å². The van der Waals surface area contributed by atoms with Gasteiger partial charge in [0.25, 0.3) is 5.91 Å². The molecule has 1 atom stereocenters. The molecule has 1 heterocycles. The van der Waals surface area contributed by atoms with Crippen molar-refractivity contribution in [2.24, 2.45) is 0 Å². The number of rotatable bonds is 11. The smallest absolute Gasteiger partial charge is 0.336 e. The fourth-order valence-corrected chi connectivity index (χ4v) is 3.60. The van der Waals surface area contributed by atoms with Crippen molar-refractivity contribution < 1.29 is 28.9 Å². The molecule has 192 valence electrons. The van der Waals surface area contributed by atoms with Crippen LogP contribution < -0.4 is 19.1 Å². The first-order valence-electron chi connectivity index (χ1n) is 12.0. The minimum atomic E-state index is -1.01. The predicted octanol–water partition coefficient (Wildman–Crippen LogP) is 4.79. The number of carbonyl (C=O) groups excluding carboxylic acids is 2. The summed E-state index contributed by atoms with van der Waals surface area (Å²) in [5, 5.41) is 18.4. The molecule has 0 fully saturated rings. The Morgan fingerprint density at radius 3 is 2.26 bits per heavy atom. The zero-order chi connectivity index (χ0) is 26.7. The first-order chi connectivity index (χ1) is 18.5. The van der Waals surface area contributed by atoms with Crippen LogP contribution in [0.2, 0.25) is 0 Å². The second-order valence-electron chi connectivity index (χ2n) is 8.34. The Kier molecular flexibility index (Phi) is 8.89. The summed E-state index contributed by atoms with van der Waals surface area (Å²) in [7, 11) is 0. The molecule has 38 heavy (non-hydrogen) atoms. The summed E-state index contributed by atoms with van der Waals surface area (Å²) in [6, 6.07) is 23.3. The van der Waals surface area contributed by atoms with Gasteiger partial charge in [-0.05, 0) is 78.2 Å². The molecule has 0 aliphatic carbocycles. The Morgan fingerprint density at radius 1 is 0.947 bits per heavy atom. The molecular formula is C30H26N2O6. The highest BCUT2D eigenvalue weighted by atomic mass is 16.5. The van der Waals surface area contributed by atoms with Gasteiger partial charge in [0.05, 0.1) is 12.7 Å². The normalized spacial score (nSPS) is 14.5. The summed E-state index contributed by atoms with van der Waals surface area (Å²) < 4.78 is 16.7. The van der Waals surface area contributed by atoms with E-state index in [9.17, 15) is 14.7 Å². The number of amides is 1. The van der Waals surface area contributed by atoms with E-state index in [1.807, 2.05) is 48.5 Å². The van der Waals surface area contributed by atoms with Gasteiger partial charge in [-0.25, -0.2) is 4.79 Å². The van der Waals surface area contributed by atoms with Crippen LogP contribution in [0.1, 0.15) is 24.0 Å². The van der Waals surface area contributed by atoms with Gasteiger partial charge in [-0.15, -0.1) is 0 Å². The number of anilines is 1. The van der Waals surface area contributed by atoms with Crippen molar-refractivity contribution in [3.05, 3.63) is 102 Å². The van der Waals surface area contributed by atoms with Crippen LogP contribution >= 0.6 is 0 Å². The zero-order valence-corrected chi connectivity index (χ0v) is 20.5. The molecule has 8 nitrogen and oxygen atoms in total. The van der Waals surface area contributed by atoms with Crippen molar-refractivity contribution in [1.82, 2.24) is 0 Å². The van der Waals surface area contributed by atoms with Gasteiger partial charge in [0.15, 0.2) is 6.23 Å². The highest BCUT2D eigenvalue weighted by Gasteiger charge is 2.25. The average Bonchev–Trinajstić information content (AvgIpc) is 3.28. The maximum absolute atomic E-state index is 12.2. The van der Waals surface area contributed by atoms with Gasteiger partial charge in [0, 0.05) is 24.3 Å². The van der Waals surface area contributed by atoms with E-state index < -0.39 is 12.2 Å². The van der Waals surface area contributed by atoms with Gasteiger partial charge in [-0.3, -0.25) is 9.69 Å². The lowest BCUT2D eigenvalue weighted by atomic mass is 10.2. The van der Waals surface area contributed by atoms with Gasteiger partial charge in [-0.2, -0.15) is 5.26 Å². The summed E-state index contributed by atoms with van der Waals surface area (Å²) in [6.45, 7) is 0.914. The molecule has 1 N–H and O–H groups in total. The molecule has 0 aromatic heterocycles. The van der Waals surface area contributed by atoms with E-state index in [4.69, 9.17) is 19.5 Å². The van der Waals surface area contributed by atoms with Gasteiger partial charge in [0.1, 0.15) is 23.9 Å². The van der Waals surface area contributed by atoms with E-state index in [1.54, 1.807) is 30.3 Å². The van der Waals surface area contributed by atoms with Crippen LogP contribution in [0.15, 0.2) is 91.0 Å². The highest BCUT2D eigenvalue weighted by molar-refractivity contribution is 6.04. The SMILES string of the molecule is N#CCCCOc1ccc(COc2ccc(C=CC(=O)Oc3ccc(N4C(=O)C=CC4O)cc3)cc2)cc1. The Labute approximate surface area is 220 Å². The van der Waals surface area contributed by atoms with Crippen LogP contribution in [-0.2, 0) is 16.2 Å². The van der Waals surface area contributed by atoms with E-state index >= 15 is 0 Å². The molecule has 3 aromatic carbocycles. The van der Waals surface area contributed by atoms with Crippen molar-refractivity contribution >= 4 is 23.6 Å². The topological polar surface area (TPSA) is 109 Å². The van der Waals surface area contributed by atoms with Crippen molar-refractivity contribution in [3.8, 4) is 23.3 Å². The Balaban J connectivity index is 1.22. The lowest BCUT2D eigenvalue weighted by Crippen LogP contribution is -2.33. The average molecular weight is 511 g/mol. The first-order valence-corrected chi connectivity index (χ1v) is 12.0. The molecule has 8 heteroatoms. The summed E-state index contributed by atoms with van der Waals surface area (Å²) in [5.41, 5.74) is 2.30. The number of aliphatic hydroxyl groups is 1. The van der Waals surface area contributed by atoms with Crippen molar-refractivity contribution in [2.75, 3.05) is 11.5 Å². The van der Waals surface area contributed by atoms with Crippen molar-refractivity contribution in [3.63, 3.8) is 0 Å². The van der Waals surface area contributed by atoms with Crippen LogP contribution in [0.25, 0.3) is 6.08 Å². The number of hydrogen-bond acceptors (Lipinski definition) is 7. The largest absolute Gasteiger partial charge is 0.494 e. The third-order valence-electron chi connectivity index (χ3n) is 5.57. The minimum absolute atomic E-state index is 0.314. The fraction of sp³-hybridized carbons (Fsp3) is 0.167. The second kappa shape index (κ2) is 12.9. The molecule has 1 unspecified atom stereocenters. The van der Waals surface area contributed by atoms with Crippen LogP contribution in [0, 0.1) is 11.3 Å². The summed E-state index contributed by atoms with van der Waals surface area (Å²) in [6.07, 6.45) is 5.85. The highest BCUT2D eigenvalue weighted by Crippen LogP contribution is 2.24. The van der Waals surface area contributed by atoms with Gasteiger partial charge in [-0.1, -0.05) is 24.3 Å². The molecule has 3 aromatic rings. The van der Waals surface area contributed by atoms with E-state index in [2.05, 4.69) is 6.07 Å². The number of ether oxygens (including phenoxy) is 3. The Bertz CT molecular complexity index is 1340. The fourth-order valence-electron chi connectivity index (χ4n) is 3.60. The maximum Gasteiger partial charge on any atom is 0.336 e. The lowest BCUT2D eigenvalue weighted by molar-refractivity contribution is -0.128. The molecule has 0 spiro atoms. The lowest BCUT2D eigenvalue weighted by Gasteiger charge is -2.20. The summed E-state index contributed by atoms with van der Waals surface area (Å²) >= 11 is 0. The summed E-state index contributed by atoms with van der Waals surface area (Å²) in [4.78, 5) is 25.2. The number of aliphatic hydroxyl groups excluding tert-OH is 1. The van der Waals surface area contributed by atoms with Crippen molar-refractivity contribution in [1.29, 1.82) is 5.26 Å². The molecule has 1 aliphatic rings.